The van der Waals surface area contributed by atoms with Gasteiger partial charge in [-0.3, -0.25) is 9.59 Å². The number of thiophene rings is 1. The van der Waals surface area contributed by atoms with E-state index >= 15 is 0 Å². The van der Waals surface area contributed by atoms with Crippen LogP contribution in [0.1, 0.15) is 17.7 Å². The highest BCUT2D eigenvalue weighted by atomic mass is 32.1. The third-order valence-corrected chi connectivity index (χ3v) is 5.20. The fraction of sp³-hybridized carbons (Fsp3) is 0.625. The zero-order valence-corrected chi connectivity index (χ0v) is 14.4. The molecule has 0 saturated carbocycles. The zero-order chi connectivity index (χ0) is 16.7. The number of hydrogen-bond acceptors (Lipinski definition) is 4. The van der Waals surface area contributed by atoms with Gasteiger partial charge >= 0.3 is 0 Å². The van der Waals surface area contributed by atoms with E-state index in [1.165, 1.54) is 9.78 Å². The molecule has 0 radical (unpaired) electrons. The Labute approximate surface area is 141 Å². The smallest absolute Gasteiger partial charge is 0.278 e. The van der Waals surface area contributed by atoms with E-state index in [2.05, 4.69) is 0 Å². The molecular weight excluding hydrogens is 314 g/mol. The van der Waals surface area contributed by atoms with E-state index in [9.17, 15) is 9.59 Å². The van der Waals surface area contributed by atoms with E-state index in [-0.39, 0.29) is 17.7 Å². The molecule has 0 atom stereocenters. The molecule has 1 aliphatic rings. The number of amides is 2. The third-order valence-electron chi connectivity index (χ3n) is 4.34. The number of quaternary nitrogens is 1. The minimum atomic E-state index is -0.213. The monoisotopic (exact) mass is 340 g/mol. The van der Waals surface area contributed by atoms with Gasteiger partial charge in [-0.15, -0.1) is 11.3 Å². The molecule has 128 valence electrons. The van der Waals surface area contributed by atoms with Gasteiger partial charge in [0.1, 0.15) is 0 Å². The fourth-order valence-corrected chi connectivity index (χ4v) is 3.62. The molecule has 23 heavy (non-hydrogen) atoms. The molecule has 0 spiro atoms. The van der Waals surface area contributed by atoms with Gasteiger partial charge in [-0.25, -0.2) is 0 Å². The van der Waals surface area contributed by atoms with Gasteiger partial charge in [0.2, 0.25) is 5.91 Å². The molecule has 2 heterocycles. The summed E-state index contributed by atoms with van der Waals surface area (Å²) in [6.07, 6.45) is 1.56. The summed E-state index contributed by atoms with van der Waals surface area (Å²) in [6, 6.07) is 4.04. The lowest BCUT2D eigenvalue weighted by Crippen LogP contribution is -3.14. The Balaban J connectivity index is 1.86. The number of nitrogens with one attached hydrogen (secondary N) is 1. The molecule has 1 aliphatic heterocycles. The minimum absolute atomic E-state index is 0.0236. The molecule has 0 unspecified atom stereocenters. The molecule has 1 aromatic rings. The van der Waals surface area contributed by atoms with Crippen molar-refractivity contribution in [3.8, 4) is 0 Å². The summed E-state index contributed by atoms with van der Waals surface area (Å²) in [6.45, 7) is 3.91. The van der Waals surface area contributed by atoms with Crippen molar-refractivity contribution in [3.05, 3.63) is 22.4 Å². The van der Waals surface area contributed by atoms with Crippen LogP contribution in [0.2, 0.25) is 0 Å². The van der Waals surface area contributed by atoms with Crippen molar-refractivity contribution in [1.82, 2.24) is 4.90 Å². The van der Waals surface area contributed by atoms with Gasteiger partial charge in [0.25, 0.3) is 5.91 Å². The number of rotatable bonds is 8. The van der Waals surface area contributed by atoms with Crippen LogP contribution in [0, 0.1) is 5.92 Å². The highest BCUT2D eigenvalue weighted by Gasteiger charge is 2.28. The van der Waals surface area contributed by atoms with Crippen LogP contribution in [0.25, 0.3) is 0 Å². The normalized spacial score (nSPS) is 21.1. The van der Waals surface area contributed by atoms with Crippen molar-refractivity contribution in [2.45, 2.75) is 19.4 Å². The van der Waals surface area contributed by atoms with Crippen LogP contribution in [-0.4, -0.2) is 56.6 Å². The Bertz CT molecular complexity index is 499. The number of piperidine rings is 1. The Morgan fingerprint density at radius 2 is 2.17 bits per heavy atom. The zero-order valence-electron chi connectivity index (χ0n) is 13.6. The number of carbonyl (C=O) groups excluding carboxylic acids is 2. The number of carbonyl (C=O) groups is 2. The first-order valence-corrected chi connectivity index (χ1v) is 8.90. The number of nitrogens with zero attached hydrogens (tertiary/aromatic N) is 1. The Morgan fingerprint density at radius 1 is 1.43 bits per heavy atom. The van der Waals surface area contributed by atoms with Crippen molar-refractivity contribution < 1.29 is 19.2 Å². The second-order valence-electron chi connectivity index (χ2n) is 5.99. The van der Waals surface area contributed by atoms with Crippen LogP contribution < -0.4 is 10.6 Å². The van der Waals surface area contributed by atoms with Crippen molar-refractivity contribution in [2.75, 3.05) is 39.9 Å². The molecule has 7 heteroatoms. The average molecular weight is 340 g/mol. The maximum atomic E-state index is 12.6. The maximum absolute atomic E-state index is 12.6. The molecule has 1 aromatic heterocycles. The van der Waals surface area contributed by atoms with Gasteiger partial charge in [0.15, 0.2) is 6.54 Å². The van der Waals surface area contributed by atoms with Crippen molar-refractivity contribution >= 4 is 23.2 Å². The highest BCUT2D eigenvalue weighted by Crippen LogP contribution is 2.12. The topological polar surface area (TPSA) is 77.1 Å². The number of hydrogen-bond donors (Lipinski definition) is 2. The lowest BCUT2D eigenvalue weighted by Gasteiger charge is -2.29. The van der Waals surface area contributed by atoms with E-state index in [0.29, 0.717) is 26.2 Å². The predicted molar refractivity (Wildman–Crippen MR) is 89.1 cm³/mol. The number of primary amides is 1. The van der Waals surface area contributed by atoms with E-state index in [1.807, 2.05) is 22.4 Å². The standard InChI is InChI=1S/C16H25N3O3S/c1-22-9-8-19(11-14-3-2-10-23-14)15(20)12-18-6-4-13(5-7-18)16(17)21/h2-3,10,13H,4-9,11-12H2,1H3,(H2,17,21)/p+1. The highest BCUT2D eigenvalue weighted by molar-refractivity contribution is 7.09. The summed E-state index contributed by atoms with van der Waals surface area (Å²) in [7, 11) is 1.65. The van der Waals surface area contributed by atoms with Crippen molar-refractivity contribution in [2.24, 2.45) is 11.7 Å². The molecule has 0 bridgehead atoms. The van der Waals surface area contributed by atoms with Crippen LogP contribution >= 0.6 is 11.3 Å². The molecule has 1 fully saturated rings. The van der Waals surface area contributed by atoms with Crippen LogP contribution in [-0.2, 0) is 20.9 Å². The lowest BCUT2D eigenvalue weighted by atomic mass is 9.96. The number of ether oxygens (including phenoxy) is 1. The summed E-state index contributed by atoms with van der Waals surface area (Å²) < 4.78 is 5.12. The summed E-state index contributed by atoms with van der Waals surface area (Å²) >= 11 is 1.66. The van der Waals surface area contributed by atoms with Crippen LogP contribution in [0.4, 0.5) is 0 Å². The van der Waals surface area contributed by atoms with E-state index < -0.39 is 0 Å². The van der Waals surface area contributed by atoms with Gasteiger partial charge in [-0.1, -0.05) is 6.07 Å². The van der Waals surface area contributed by atoms with Crippen molar-refractivity contribution in [3.63, 3.8) is 0 Å². The quantitative estimate of drug-likeness (QED) is 0.670. The summed E-state index contributed by atoms with van der Waals surface area (Å²) in [5.74, 6) is -0.0951. The minimum Gasteiger partial charge on any atom is -0.383 e. The van der Waals surface area contributed by atoms with E-state index in [1.54, 1.807) is 18.4 Å². The molecule has 3 N–H and O–H groups in total. The predicted octanol–water partition coefficient (Wildman–Crippen LogP) is -0.497. The summed E-state index contributed by atoms with van der Waals surface area (Å²) in [5.41, 5.74) is 5.36. The fourth-order valence-electron chi connectivity index (χ4n) is 2.90. The summed E-state index contributed by atoms with van der Waals surface area (Å²) in [4.78, 5) is 28.1. The maximum Gasteiger partial charge on any atom is 0.278 e. The van der Waals surface area contributed by atoms with E-state index in [4.69, 9.17) is 10.5 Å². The van der Waals surface area contributed by atoms with Crippen LogP contribution in [0.3, 0.4) is 0 Å². The van der Waals surface area contributed by atoms with Gasteiger partial charge in [-0.05, 0) is 11.4 Å². The second kappa shape index (κ2) is 9.00. The van der Waals surface area contributed by atoms with Crippen LogP contribution in [0.5, 0.6) is 0 Å². The average Bonchev–Trinajstić information content (AvgIpc) is 3.05. The van der Waals surface area contributed by atoms with Gasteiger partial charge < -0.3 is 20.3 Å². The number of likely N-dealkylation sites (tertiary alicyclic amines) is 1. The third kappa shape index (κ3) is 5.60. The van der Waals surface area contributed by atoms with Gasteiger partial charge in [0.05, 0.1) is 26.2 Å². The second-order valence-corrected chi connectivity index (χ2v) is 7.02. The molecule has 6 nitrogen and oxygen atoms in total. The molecule has 0 aliphatic carbocycles. The van der Waals surface area contributed by atoms with Gasteiger partial charge in [0, 0.05) is 37.3 Å². The Morgan fingerprint density at radius 3 is 2.74 bits per heavy atom. The largest absolute Gasteiger partial charge is 0.383 e. The van der Waals surface area contributed by atoms with Crippen LogP contribution in [0.15, 0.2) is 17.5 Å². The molecule has 0 aromatic carbocycles. The SMILES string of the molecule is COCCN(Cc1cccs1)C(=O)C[NH+]1CCC(C(N)=O)CC1. The first-order valence-electron chi connectivity index (χ1n) is 8.02. The molecular formula is C16H26N3O3S+. The molecule has 2 amide bonds. The lowest BCUT2D eigenvalue weighted by molar-refractivity contribution is -0.898. The first-order chi connectivity index (χ1) is 11.1. The first kappa shape index (κ1) is 17.9. The number of nitrogens with two attached hydrogens (primary N) is 1. The van der Waals surface area contributed by atoms with Gasteiger partial charge in [-0.2, -0.15) is 0 Å². The van der Waals surface area contributed by atoms with E-state index in [0.717, 1.165) is 25.9 Å². The Kier molecular flexibility index (Phi) is 7.01. The molecule has 1 saturated heterocycles. The Hall–Kier alpha value is -1.44. The number of methoxy groups -OCH3 is 1. The molecule has 2 rings (SSSR count). The van der Waals surface area contributed by atoms with Crippen molar-refractivity contribution in [1.29, 1.82) is 0 Å². The summed E-state index contributed by atoms with van der Waals surface area (Å²) in [5, 5.41) is 2.02.